The van der Waals surface area contributed by atoms with E-state index in [0.29, 0.717) is 10.9 Å². The summed E-state index contributed by atoms with van der Waals surface area (Å²) in [6.45, 7) is 1.68. The third-order valence-electron chi connectivity index (χ3n) is 4.90. The van der Waals surface area contributed by atoms with E-state index in [1.807, 2.05) is 9.44 Å². The number of nitrogens with one attached hydrogen (secondary N) is 2. The molecule has 3 aromatic heterocycles. The Morgan fingerprint density at radius 1 is 1.12 bits per heavy atom. The normalized spacial score (nSPS) is 11.5. The molecule has 1 aromatic carbocycles. The highest BCUT2D eigenvalue weighted by Crippen LogP contribution is 2.28. The van der Waals surface area contributed by atoms with E-state index >= 15 is 0 Å². The molecule has 4 rings (SSSR count). The van der Waals surface area contributed by atoms with Crippen molar-refractivity contribution in [3.05, 3.63) is 81.6 Å². The summed E-state index contributed by atoms with van der Waals surface area (Å²) >= 11 is 0. The predicted octanol–water partition coefficient (Wildman–Crippen LogP) is 2.82. The topological polar surface area (TPSA) is 136 Å². The zero-order valence-electron chi connectivity index (χ0n) is 17.8. The van der Waals surface area contributed by atoms with Crippen molar-refractivity contribution in [2.75, 3.05) is 11.8 Å². The third kappa shape index (κ3) is 4.84. The molecule has 0 aliphatic carbocycles. The Hall–Kier alpha value is -3.97. The van der Waals surface area contributed by atoms with E-state index in [9.17, 15) is 22.0 Å². The summed E-state index contributed by atoms with van der Waals surface area (Å²) in [6, 6.07) is 5.94. The number of ether oxygens (including phenoxy) is 1. The summed E-state index contributed by atoms with van der Waals surface area (Å²) in [5.41, 5.74) is 0.296. The van der Waals surface area contributed by atoms with E-state index in [4.69, 9.17) is 9.15 Å². The van der Waals surface area contributed by atoms with Crippen LogP contribution in [0.2, 0.25) is 0 Å². The second-order valence-corrected chi connectivity index (χ2v) is 8.68. The largest absolute Gasteiger partial charge is 0.424 e. The maximum Gasteiger partial charge on any atom is 0.340 e. The lowest BCUT2D eigenvalue weighted by Gasteiger charge is -2.12. The van der Waals surface area contributed by atoms with Crippen LogP contribution < -0.4 is 19.8 Å². The molecule has 10 nitrogen and oxygen atoms in total. The fraction of sp³-hybridized carbons (Fsp3) is 0.143. The lowest BCUT2D eigenvalue weighted by molar-refractivity contribution is 0.435. The van der Waals surface area contributed by atoms with E-state index in [0.717, 1.165) is 19.4 Å². The Morgan fingerprint density at radius 2 is 1.85 bits per heavy atom. The van der Waals surface area contributed by atoms with Gasteiger partial charge in [0.15, 0.2) is 17.5 Å². The number of anilines is 1. The van der Waals surface area contributed by atoms with Crippen LogP contribution in [-0.2, 0) is 16.6 Å². The first-order valence-corrected chi connectivity index (χ1v) is 11.2. The van der Waals surface area contributed by atoms with Crippen molar-refractivity contribution in [2.45, 2.75) is 13.3 Å². The lowest BCUT2D eigenvalue weighted by Crippen LogP contribution is -2.27. The standard InChI is InChI=1S/C21H17F2N5O5S/c1-11-15-4-3-14(32-21-26-9-13(22)10-27-21)8-17(15)33-20(29)16(11)7-12-5-6-25-19(18(12)23)28-34(30,31)24-2/h3-6,8-10,24H,7H2,1-2H3,(H,25,28). The molecule has 0 amide bonds. The number of hydrogen-bond donors (Lipinski definition) is 2. The first-order chi connectivity index (χ1) is 16.2. The Morgan fingerprint density at radius 3 is 2.56 bits per heavy atom. The summed E-state index contributed by atoms with van der Waals surface area (Å²) in [5, 5.41) is 0.576. The monoisotopic (exact) mass is 489 g/mol. The maximum atomic E-state index is 14.9. The molecule has 0 saturated heterocycles. The minimum Gasteiger partial charge on any atom is -0.424 e. The summed E-state index contributed by atoms with van der Waals surface area (Å²) in [5.74, 6) is -1.77. The van der Waals surface area contributed by atoms with E-state index in [-0.39, 0.29) is 34.9 Å². The number of rotatable bonds is 7. The molecule has 34 heavy (non-hydrogen) atoms. The number of aromatic nitrogens is 3. The lowest BCUT2D eigenvalue weighted by atomic mass is 10.00. The number of hydrogen-bond acceptors (Lipinski definition) is 8. The molecule has 0 aliphatic rings. The molecule has 3 heterocycles. The van der Waals surface area contributed by atoms with Crippen LogP contribution in [0, 0.1) is 18.6 Å². The molecule has 0 spiro atoms. The summed E-state index contributed by atoms with van der Waals surface area (Å²) < 4.78 is 66.0. The van der Waals surface area contributed by atoms with Crippen molar-refractivity contribution in [3.63, 3.8) is 0 Å². The average molecular weight is 489 g/mol. The van der Waals surface area contributed by atoms with Gasteiger partial charge in [-0.2, -0.15) is 8.42 Å². The zero-order chi connectivity index (χ0) is 24.5. The molecule has 0 radical (unpaired) electrons. The Kier molecular flexibility index (Phi) is 6.22. The molecule has 176 valence electrons. The number of pyridine rings is 1. The van der Waals surface area contributed by atoms with Crippen LogP contribution in [0.15, 0.2) is 52.1 Å². The fourth-order valence-electron chi connectivity index (χ4n) is 3.16. The Bertz CT molecular complexity index is 1540. The molecule has 0 fully saturated rings. The van der Waals surface area contributed by atoms with Gasteiger partial charge in [-0.15, -0.1) is 0 Å². The zero-order valence-corrected chi connectivity index (χ0v) is 18.6. The number of nitrogens with zero attached hydrogens (tertiary/aromatic N) is 3. The third-order valence-corrected chi connectivity index (χ3v) is 5.90. The van der Waals surface area contributed by atoms with Crippen molar-refractivity contribution in [2.24, 2.45) is 0 Å². The Balaban J connectivity index is 1.67. The van der Waals surface area contributed by atoms with Gasteiger partial charge in [-0.3, -0.25) is 4.72 Å². The van der Waals surface area contributed by atoms with E-state index < -0.39 is 33.3 Å². The van der Waals surface area contributed by atoms with Gasteiger partial charge in [0.25, 0.3) is 10.2 Å². The van der Waals surface area contributed by atoms with E-state index in [1.165, 1.54) is 18.3 Å². The van der Waals surface area contributed by atoms with Crippen LogP contribution >= 0.6 is 0 Å². The molecule has 0 aliphatic heterocycles. The molecule has 0 unspecified atom stereocenters. The molecule has 0 bridgehead atoms. The smallest absolute Gasteiger partial charge is 0.340 e. The van der Waals surface area contributed by atoms with Gasteiger partial charge < -0.3 is 9.15 Å². The minimum atomic E-state index is -3.98. The van der Waals surface area contributed by atoms with Gasteiger partial charge >= 0.3 is 11.6 Å². The summed E-state index contributed by atoms with van der Waals surface area (Å²) in [7, 11) is -2.82. The fourth-order valence-corrected chi connectivity index (χ4v) is 3.66. The quantitative estimate of drug-likeness (QED) is 0.378. The molecule has 0 saturated carbocycles. The maximum absolute atomic E-state index is 14.9. The first-order valence-electron chi connectivity index (χ1n) is 9.73. The van der Waals surface area contributed by atoms with Crippen molar-refractivity contribution >= 4 is 27.0 Å². The van der Waals surface area contributed by atoms with Crippen LogP contribution in [0.25, 0.3) is 11.0 Å². The first kappa shape index (κ1) is 23.2. The molecule has 0 atom stereocenters. The molecule has 4 aromatic rings. The molecule has 2 N–H and O–H groups in total. The second-order valence-electron chi connectivity index (χ2n) is 7.06. The van der Waals surface area contributed by atoms with Gasteiger partial charge in [0.05, 0.1) is 12.4 Å². The number of aryl methyl sites for hydroxylation is 1. The number of benzene rings is 1. The van der Waals surface area contributed by atoms with Gasteiger partial charge in [-0.05, 0) is 36.2 Å². The summed E-state index contributed by atoms with van der Waals surface area (Å²) in [6.07, 6.45) is 2.97. The van der Waals surface area contributed by atoms with E-state index in [1.54, 1.807) is 19.1 Å². The highest BCUT2D eigenvalue weighted by atomic mass is 32.2. The average Bonchev–Trinajstić information content (AvgIpc) is 2.80. The van der Waals surface area contributed by atoms with E-state index in [2.05, 4.69) is 15.0 Å². The van der Waals surface area contributed by atoms with Gasteiger partial charge in [-0.25, -0.2) is 33.2 Å². The van der Waals surface area contributed by atoms with Crippen LogP contribution in [0.1, 0.15) is 16.7 Å². The van der Waals surface area contributed by atoms with Crippen molar-refractivity contribution < 1.29 is 26.4 Å². The highest BCUT2D eigenvalue weighted by molar-refractivity contribution is 7.90. The minimum absolute atomic E-state index is 0.0481. The van der Waals surface area contributed by atoms with Crippen LogP contribution in [0.3, 0.4) is 0 Å². The predicted molar refractivity (Wildman–Crippen MR) is 118 cm³/mol. The molecular weight excluding hydrogens is 472 g/mol. The van der Waals surface area contributed by atoms with Gasteiger partial charge in [0, 0.05) is 36.7 Å². The molecule has 13 heteroatoms. The summed E-state index contributed by atoms with van der Waals surface area (Å²) in [4.78, 5) is 23.8. The Labute approximate surface area is 191 Å². The highest BCUT2D eigenvalue weighted by Gasteiger charge is 2.19. The van der Waals surface area contributed by atoms with Crippen molar-refractivity contribution in [1.29, 1.82) is 0 Å². The van der Waals surface area contributed by atoms with Gasteiger partial charge in [-0.1, -0.05) is 0 Å². The van der Waals surface area contributed by atoms with Crippen LogP contribution in [0.5, 0.6) is 11.8 Å². The number of halogens is 2. The van der Waals surface area contributed by atoms with Crippen molar-refractivity contribution in [3.8, 4) is 11.8 Å². The second kappa shape index (κ2) is 9.11. The van der Waals surface area contributed by atoms with Crippen LogP contribution in [0.4, 0.5) is 14.6 Å². The van der Waals surface area contributed by atoms with Gasteiger partial charge in [0.1, 0.15) is 11.3 Å². The van der Waals surface area contributed by atoms with Crippen LogP contribution in [-0.4, -0.2) is 30.4 Å². The number of fused-ring (bicyclic) bond motifs is 1. The van der Waals surface area contributed by atoms with Gasteiger partial charge in [0.2, 0.25) is 0 Å². The SMILES string of the molecule is CNS(=O)(=O)Nc1nccc(Cc2c(C)c3ccc(Oc4ncc(F)cn4)cc3oc2=O)c1F. The van der Waals surface area contributed by atoms with Crippen molar-refractivity contribution in [1.82, 2.24) is 19.7 Å². The molecular formula is C21H17F2N5O5S.